The SMILES string of the molecule is CON=C(C(=O)N[C@@H]1C(=O)N2C(C(=O)O)=C(COC(C)=O)CS[C@H]12)c1cccc(NC(=O)C(F)(F)F)n1. The van der Waals surface area contributed by atoms with Gasteiger partial charge in [-0.05, 0) is 12.1 Å². The summed E-state index contributed by atoms with van der Waals surface area (Å²) in [6.45, 7) is 0.823. The van der Waals surface area contributed by atoms with Crippen molar-refractivity contribution in [1.82, 2.24) is 15.2 Å². The van der Waals surface area contributed by atoms with Crippen molar-refractivity contribution in [2.75, 3.05) is 24.8 Å². The monoisotopic (exact) mass is 545 g/mol. The molecule has 1 saturated heterocycles. The van der Waals surface area contributed by atoms with Crippen molar-refractivity contribution in [3.05, 3.63) is 35.2 Å². The third-order valence-corrected chi connectivity index (χ3v) is 6.21. The molecule has 13 nitrogen and oxygen atoms in total. The molecule has 1 aromatic rings. The first kappa shape index (κ1) is 27.4. The fourth-order valence-electron chi connectivity index (χ4n) is 3.31. The molecule has 0 unspecified atom stereocenters. The van der Waals surface area contributed by atoms with Crippen molar-refractivity contribution in [2.24, 2.45) is 5.16 Å². The summed E-state index contributed by atoms with van der Waals surface area (Å²) in [5.41, 5.74) is -0.970. The third kappa shape index (κ3) is 5.99. The van der Waals surface area contributed by atoms with Crippen LogP contribution in [0.3, 0.4) is 0 Å². The Morgan fingerprint density at radius 3 is 2.59 bits per heavy atom. The number of halogens is 3. The van der Waals surface area contributed by atoms with Gasteiger partial charge in [0.2, 0.25) is 0 Å². The molecule has 0 aliphatic carbocycles. The number of carboxylic acid groups (broad SMARTS) is 1. The van der Waals surface area contributed by atoms with Crippen LogP contribution in [-0.2, 0) is 33.5 Å². The van der Waals surface area contributed by atoms with Gasteiger partial charge in [0, 0.05) is 18.2 Å². The highest BCUT2D eigenvalue weighted by atomic mass is 32.2. The zero-order valence-corrected chi connectivity index (χ0v) is 19.8. The van der Waals surface area contributed by atoms with Crippen LogP contribution in [0.15, 0.2) is 34.6 Å². The first-order valence-corrected chi connectivity index (χ1v) is 11.2. The second kappa shape index (κ2) is 10.9. The quantitative estimate of drug-likeness (QED) is 0.177. The predicted molar refractivity (Wildman–Crippen MR) is 119 cm³/mol. The molecule has 1 aromatic heterocycles. The maximum absolute atomic E-state index is 12.9. The van der Waals surface area contributed by atoms with Crippen molar-refractivity contribution in [3.8, 4) is 0 Å². The van der Waals surface area contributed by atoms with Crippen molar-refractivity contribution in [1.29, 1.82) is 0 Å². The number of carbonyl (C=O) groups is 5. The normalized spacial score (nSPS) is 19.4. The summed E-state index contributed by atoms with van der Waals surface area (Å²) in [5, 5.41) is 16.2. The zero-order chi connectivity index (χ0) is 27.5. The highest BCUT2D eigenvalue weighted by Gasteiger charge is 2.54. The minimum Gasteiger partial charge on any atom is -0.477 e. The Balaban J connectivity index is 1.78. The summed E-state index contributed by atoms with van der Waals surface area (Å²) in [4.78, 5) is 69.1. The summed E-state index contributed by atoms with van der Waals surface area (Å²) < 4.78 is 42.5. The van der Waals surface area contributed by atoms with Gasteiger partial charge >= 0.3 is 24.0 Å². The lowest BCUT2D eigenvalue weighted by Crippen LogP contribution is -2.71. The molecule has 3 amide bonds. The van der Waals surface area contributed by atoms with Crippen LogP contribution in [0.2, 0.25) is 0 Å². The molecule has 0 spiro atoms. The molecule has 0 saturated carbocycles. The number of carboxylic acids is 1. The van der Waals surface area contributed by atoms with E-state index in [0.29, 0.717) is 0 Å². The van der Waals surface area contributed by atoms with Gasteiger partial charge in [0.15, 0.2) is 5.71 Å². The Morgan fingerprint density at radius 2 is 2.00 bits per heavy atom. The number of oxime groups is 1. The Labute approximate surface area is 210 Å². The van der Waals surface area contributed by atoms with Crippen molar-refractivity contribution in [2.45, 2.75) is 24.5 Å². The number of alkyl halides is 3. The highest BCUT2D eigenvalue weighted by molar-refractivity contribution is 8.00. The molecule has 1 fully saturated rings. The number of nitrogens with one attached hydrogen (secondary N) is 2. The van der Waals surface area contributed by atoms with Gasteiger partial charge in [0.05, 0.1) is 0 Å². The smallest absolute Gasteiger partial charge is 0.471 e. The molecule has 0 aromatic carbocycles. The lowest BCUT2D eigenvalue weighted by atomic mass is 10.0. The average molecular weight is 545 g/mol. The van der Waals surface area contributed by atoms with Crippen LogP contribution < -0.4 is 10.6 Å². The van der Waals surface area contributed by atoms with E-state index in [1.54, 1.807) is 5.32 Å². The summed E-state index contributed by atoms with van der Waals surface area (Å²) in [7, 11) is 1.09. The summed E-state index contributed by atoms with van der Waals surface area (Å²) >= 11 is 1.12. The lowest BCUT2D eigenvalue weighted by molar-refractivity contribution is -0.167. The molecule has 0 radical (unpaired) electrons. The van der Waals surface area contributed by atoms with Gasteiger partial charge in [-0.15, -0.1) is 11.8 Å². The molecule has 3 rings (SSSR count). The lowest BCUT2D eigenvalue weighted by Gasteiger charge is -2.49. The predicted octanol–water partition coefficient (Wildman–Crippen LogP) is 0.235. The molecule has 198 valence electrons. The summed E-state index contributed by atoms with van der Waals surface area (Å²) in [5.74, 6) is -6.53. The number of fused-ring (bicyclic) bond motifs is 1. The Kier molecular flexibility index (Phi) is 8.05. The molecule has 2 atom stereocenters. The largest absolute Gasteiger partial charge is 0.477 e. The zero-order valence-electron chi connectivity index (χ0n) is 19.0. The van der Waals surface area contributed by atoms with Crippen LogP contribution in [-0.4, -0.2) is 87.4 Å². The summed E-state index contributed by atoms with van der Waals surface area (Å²) in [6, 6.07) is 2.28. The molecule has 2 aliphatic rings. The van der Waals surface area contributed by atoms with Crippen molar-refractivity contribution >= 4 is 53.0 Å². The number of anilines is 1. The number of aromatic nitrogens is 1. The topological polar surface area (TPSA) is 177 Å². The van der Waals surface area contributed by atoms with E-state index in [0.717, 1.165) is 36.8 Å². The number of hydrogen-bond donors (Lipinski definition) is 3. The maximum Gasteiger partial charge on any atom is 0.471 e. The molecule has 37 heavy (non-hydrogen) atoms. The van der Waals surface area contributed by atoms with Gasteiger partial charge in [0.1, 0.15) is 42.3 Å². The number of thioether (sulfide) groups is 1. The van der Waals surface area contributed by atoms with Crippen molar-refractivity contribution < 1.29 is 51.8 Å². The fraction of sp³-hybridized carbons (Fsp3) is 0.350. The van der Waals surface area contributed by atoms with Crippen LogP contribution in [0, 0.1) is 0 Å². The van der Waals surface area contributed by atoms with E-state index in [9.17, 15) is 42.3 Å². The van der Waals surface area contributed by atoms with Gasteiger partial charge in [-0.2, -0.15) is 13.2 Å². The molecule has 3 N–H and O–H groups in total. The van der Waals surface area contributed by atoms with E-state index in [4.69, 9.17) is 4.74 Å². The standard InChI is InChI=1S/C20H18F3N5O8S/c1-8(29)36-6-9-7-37-17-13(16(31)28(17)14(9)18(32)33)26-15(30)12(27-35-2)10-4-3-5-11(24-10)25-19(34)20(21,22)23/h3-5,13,17H,6-7H2,1-2H3,(H,26,30)(H,32,33)(H,24,25,34)/t13-,17-/m1/s1. The maximum atomic E-state index is 12.9. The number of ether oxygens (including phenoxy) is 1. The average Bonchev–Trinajstić information content (AvgIpc) is 2.83. The number of pyridine rings is 1. The number of hydrogen-bond acceptors (Lipinski definition) is 10. The van der Waals surface area contributed by atoms with Crippen LogP contribution >= 0.6 is 11.8 Å². The number of aliphatic carboxylic acids is 1. The molecule has 17 heteroatoms. The number of nitrogens with zero attached hydrogens (tertiary/aromatic N) is 3. The van der Waals surface area contributed by atoms with Gasteiger partial charge < -0.3 is 25.3 Å². The Bertz CT molecular complexity index is 1220. The Morgan fingerprint density at radius 1 is 1.30 bits per heavy atom. The minimum absolute atomic E-state index is 0.0945. The van der Waals surface area contributed by atoms with Crippen LogP contribution in [0.5, 0.6) is 0 Å². The minimum atomic E-state index is -5.17. The van der Waals surface area contributed by atoms with Crippen LogP contribution in [0.4, 0.5) is 19.0 Å². The number of rotatable bonds is 8. The molecule has 0 bridgehead atoms. The highest BCUT2D eigenvalue weighted by Crippen LogP contribution is 2.40. The third-order valence-electron chi connectivity index (χ3n) is 4.87. The van der Waals surface area contributed by atoms with Gasteiger partial charge in [-0.1, -0.05) is 11.2 Å². The first-order chi connectivity index (χ1) is 17.3. The number of β-lactam (4-membered cyclic amide) rings is 1. The Hall–Kier alpha value is -4.15. The van der Waals surface area contributed by atoms with Gasteiger partial charge in [-0.25, -0.2) is 9.78 Å². The van der Waals surface area contributed by atoms with E-state index in [-0.39, 0.29) is 29.3 Å². The second-order valence-electron chi connectivity index (χ2n) is 7.38. The fourth-order valence-corrected chi connectivity index (χ4v) is 4.64. The van der Waals surface area contributed by atoms with Crippen LogP contribution in [0.1, 0.15) is 12.6 Å². The molecular weight excluding hydrogens is 527 g/mol. The van der Waals surface area contributed by atoms with E-state index in [1.807, 2.05) is 0 Å². The van der Waals surface area contributed by atoms with E-state index in [1.165, 1.54) is 12.1 Å². The summed E-state index contributed by atoms with van der Waals surface area (Å²) in [6.07, 6.45) is -5.17. The van der Waals surface area contributed by atoms with Crippen LogP contribution in [0.25, 0.3) is 0 Å². The van der Waals surface area contributed by atoms with E-state index >= 15 is 0 Å². The second-order valence-corrected chi connectivity index (χ2v) is 8.49. The molecule has 2 aliphatic heterocycles. The first-order valence-electron chi connectivity index (χ1n) is 10.2. The molecule has 3 heterocycles. The van der Waals surface area contributed by atoms with Gasteiger partial charge in [0.25, 0.3) is 11.8 Å². The van der Waals surface area contributed by atoms with Gasteiger partial charge in [-0.3, -0.25) is 24.1 Å². The number of amides is 3. The van der Waals surface area contributed by atoms with Crippen molar-refractivity contribution in [3.63, 3.8) is 0 Å². The van der Waals surface area contributed by atoms with E-state index in [2.05, 4.69) is 20.3 Å². The van der Waals surface area contributed by atoms with E-state index < -0.39 is 58.8 Å². The molecular formula is C20H18F3N5O8S. The number of esters is 1. The number of carbonyl (C=O) groups excluding carboxylic acids is 4.